The van der Waals surface area contributed by atoms with Crippen LogP contribution < -0.4 is 4.18 Å². The molecular weight excluding hydrogens is 382 g/mol. The number of carbonyl (C=O) groups excluding carboxylic acids is 1. The second-order valence-electron chi connectivity index (χ2n) is 6.42. The molecule has 1 saturated heterocycles. The lowest BCUT2D eigenvalue weighted by atomic mass is 10.1. The predicted octanol–water partition coefficient (Wildman–Crippen LogP) is 3.29. The summed E-state index contributed by atoms with van der Waals surface area (Å²) in [6.45, 7) is 5.23. The number of benzene rings is 2. The van der Waals surface area contributed by atoms with Crippen molar-refractivity contribution in [3.05, 3.63) is 59.7 Å². The number of nitrogens with zero attached hydrogens (tertiary/aromatic N) is 1. The van der Waals surface area contributed by atoms with Crippen molar-refractivity contribution in [2.24, 2.45) is 0 Å². The van der Waals surface area contributed by atoms with Crippen LogP contribution in [0.3, 0.4) is 0 Å². The average molecular weight is 405 g/mol. The second-order valence-corrected chi connectivity index (χ2v) is 7.97. The number of amides is 1. The van der Waals surface area contributed by atoms with Gasteiger partial charge in [-0.15, -0.1) is 0 Å². The van der Waals surface area contributed by atoms with Gasteiger partial charge in [0.05, 0.1) is 19.8 Å². The fourth-order valence-electron chi connectivity index (χ4n) is 2.85. The van der Waals surface area contributed by atoms with E-state index in [1.165, 1.54) is 12.1 Å². The Bertz CT molecular complexity index is 909. The molecule has 1 atom stereocenters. The topological polar surface area (TPSA) is 82.1 Å². The number of aryl methyl sites for hydroxylation is 1. The first-order chi connectivity index (χ1) is 13.4. The highest BCUT2D eigenvalue weighted by Crippen LogP contribution is 2.26. The van der Waals surface area contributed by atoms with Gasteiger partial charge in [-0.25, -0.2) is 4.79 Å². The minimum absolute atomic E-state index is 0.0999. The van der Waals surface area contributed by atoms with Gasteiger partial charge in [0.25, 0.3) is 0 Å². The molecule has 0 N–H and O–H groups in total. The molecule has 0 aromatic heterocycles. The molecule has 0 spiro atoms. The standard InChI is InChI=1S/C20H23NO6S/c1-3-25-20(22)21-12-13-26-19(14-21)16-6-8-17(9-7-16)27-28(23,24)18-10-4-15(2)5-11-18/h4-11,19H,3,12-14H2,1-2H3/t19-/m1/s1. The van der Waals surface area contributed by atoms with Crippen LogP contribution in [0.4, 0.5) is 4.79 Å². The zero-order valence-electron chi connectivity index (χ0n) is 15.8. The summed E-state index contributed by atoms with van der Waals surface area (Å²) >= 11 is 0. The predicted molar refractivity (Wildman–Crippen MR) is 103 cm³/mol. The van der Waals surface area contributed by atoms with Crippen LogP contribution in [0.25, 0.3) is 0 Å². The van der Waals surface area contributed by atoms with Gasteiger partial charge in [-0.1, -0.05) is 29.8 Å². The Hall–Kier alpha value is -2.58. The molecule has 0 radical (unpaired) electrons. The fraction of sp³-hybridized carbons (Fsp3) is 0.350. The van der Waals surface area contributed by atoms with Crippen molar-refractivity contribution in [3.8, 4) is 5.75 Å². The Morgan fingerprint density at radius 2 is 1.82 bits per heavy atom. The molecule has 1 heterocycles. The maximum atomic E-state index is 12.4. The van der Waals surface area contributed by atoms with Crippen LogP contribution in [0.5, 0.6) is 5.75 Å². The van der Waals surface area contributed by atoms with Gasteiger partial charge in [0.1, 0.15) is 16.7 Å². The largest absolute Gasteiger partial charge is 0.450 e. The summed E-state index contributed by atoms with van der Waals surface area (Å²) in [5.74, 6) is 0.211. The van der Waals surface area contributed by atoms with Crippen LogP contribution in [0.15, 0.2) is 53.4 Å². The summed E-state index contributed by atoms with van der Waals surface area (Å²) in [7, 11) is -3.89. The molecule has 150 valence electrons. The first kappa shape index (κ1) is 20.2. The minimum atomic E-state index is -3.89. The molecule has 7 nitrogen and oxygen atoms in total. The summed E-state index contributed by atoms with van der Waals surface area (Å²) in [5.41, 5.74) is 1.79. The van der Waals surface area contributed by atoms with Crippen LogP contribution in [-0.4, -0.2) is 45.7 Å². The van der Waals surface area contributed by atoms with Gasteiger partial charge in [0.2, 0.25) is 0 Å². The molecule has 0 unspecified atom stereocenters. The highest BCUT2D eigenvalue weighted by Gasteiger charge is 2.26. The third-order valence-electron chi connectivity index (χ3n) is 4.36. The Labute approximate surface area is 164 Å². The van der Waals surface area contributed by atoms with Gasteiger partial charge in [-0.05, 0) is 43.7 Å². The smallest absolute Gasteiger partial charge is 0.409 e. The molecule has 8 heteroatoms. The van der Waals surface area contributed by atoms with E-state index in [0.717, 1.165) is 11.1 Å². The quantitative estimate of drug-likeness (QED) is 0.710. The molecule has 28 heavy (non-hydrogen) atoms. The number of carbonyl (C=O) groups is 1. The molecule has 1 fully saturated rings. The number of morpholine rings is 1. The van der Waals surface area contributed by atoms with Crippen molar-refractivity contribution in [2.75, 3.05) is 26.3 Å². The fourth-order valence-corrected chi connectivity index (χ4v) is 3.78. The van der Waals surface area contributed by atoms with Crippen molar-refractivity contribution in [3.63, 3.8) is 0 Å². The van der Waals surface area contributed by atoms with Gasteiger partial charge < -0.3 is 18.6 Å². The van der Waals surface area contributed by atoms with Crippen molar-refractivity contribution in [1.82, 2.24) is 4.90 Å². The van der Waals surface area contributed by atoms with Crippen LogP contribution in [0.1, 0.15) is 24.2 Å². The van der Waals surface area contributed by atoms with E-state index in [1.807, 2.05) is 6.92 Å². The molecule has 3 rings (SSSR count). The molecule has 2 aromatic carbocycles. The Balaban J connectivity index is 1.68. The van der Waals surface area contributed by atoms with Crippen LogP contribution in [0.2, 0.25) is 0 Å². The zero-order valence-corrected chi connectivity index (χ0v) is 16.6. The van der Waals surface area contributed by atoms with E-state index in [2.05, 4.69) is 0 Å². The SMILES string of the molecule is CCOC(=O)N1CCO[C@@H](c2ccc(OS(=O)(=O)c3ccc(C)cc3)cc2)C1. The van der Waals surface area contributed by atoms with E-state index in [-0.39, 0.29) is 22.8 Å². The second kappa shape index (κ2) is 8.62. The molecule has 2 aromatic rings. The van der Waals surface area contributed by atoms with Crippen molar-refractivity contribution in [2.45, 2.75) is 24.8 Å². The highest BCUT2D eigenvalue weighted by atomic mass is 32.2. The van der Waals surface area contributed by atoms with Gasteiger partial charge in [0, 0.05) is 6.54 Å². The maximum absolute atomic E-state index is 12.4. The first-order valence-corrected chi connectivity index (χ1v) is 10.4. The van der Waals surface area contributed by atoms with E-state index in [9.17, 15) is 13.2 Å². The maximum Gasteiger partial charge on any atom is 0.409 e. The van der Waals surface area contributed by atoms with Crippen molar-refractivity contribution in [1.29, 1.82) is 0 Å². The molecular formula is C20H23NO6S. The summed E-state index contributed by atoms with van der Waals surface area (Å²) in [4.78, 5) is 13.6. The van der Waals surface area contributed by atoms with Gasteiger partial charge in [-0.3, -0.25) is 0 Å². The lowest BCUT2D eigenvalue weighted by Gasteiger charge is -2.32. The number of rotatable bonds is 5. The average Bonchev–Trinajstić information content (AvgIpc) is 2.69. The molecule has 1 aliphatic heterocycles. The Morgan fingerprint density at radius 3 is 2.46 bits per heavy atom. The van der Waals surface area contributed by atoms with Crippen LogP contribution >= 0.6 is 0 Å². The van der Waals surface area contributed by atoms with E-state index in [4.69, 9.17) is 13.7 Å². The molecule has 0 bridgehead atoms. The lowest BCUT2D eigenvalue weighted by molar-refractivity contribution is -0.0279. The summed E-state index contributed by atoms with van der Waals surface area (Å²) in [6, 6.07) is 13.1. The third kappa shape index (κ3) is 4.82. The minimum Gasteiger partial charge on any atom is -0.450 e. The molecule has 0 saturated carbocycles. The summed E-state index contributed by atoms with van der Waals surface area (Å²) in [5, 5.41) is 0. The van der Waals surface area contributed by atoms with E-state index in [1.54, 1.807) is 48.2 Å². The van der Waals surface area contributed by atoms with E-state index >= 15 is 0 Å². The van der Waals surface area contributed by atoms with E-state index < -0.39 is 10.1 Å². The van der Waals surface area contributed by atoms with Gasteiger partial charge in [-0.2, -0.15) is 8.42 Å². The highest BCUT2D eigenvalue weighted by molar-refractivity contribution is 7.87. The lowest BCUT2D eigenvalue weighted by Crippen LogP contribution is -2.42. The van der Waals surface area contributed by atoms with Gasteiger partial charge >= 0.3 is 16.2 Å². The zero-order chi connectivity index (χ0) is 20.1. The monoisotopic (exact) mass is 405 g/mol. The van der Waals surface area contributed by atoms with Crippen molar-refractivity contribution >= 4 is 16.2 Å². The normalized spacial score (nSPS) is 17.2. The first-order valence-electron chi connectivity index (χ1n) is 9.03. The van der Waals surface area contributed by atoms with E-state index in [0.29, 0.717) is 26.3 Å². The number of ether oxygens (including phenoxy) is 2. The van der Waals surface area contributed by atoms with Crippen LogP contribution in [0, 0.1) is 6.92 Å². The van der Waals surface area contributed by atoms with Crippen LogP contribution in [-0.2, 0) is 19.6 Å². The Morgan fingerprint density at radius 1 is 1.14 bits per heavy atom. The molecule has 1 amide bonds. The Kier molecular flexibility index (Phi) is 6.21. The number of hydrogen-bond acceptors (Lipinski definition) is 6. The number of hydrogen-bond donors (Lipinski definition) is 0. The third-order valence-corrected chi connectivity index (χ3v) is 5.62. The molecule has 1 aliphatic rings. The summed E-state index contributed by atoms with van der Waals surface area (Å²) < 4.78 is 40.7. The van der Waals surface area contributed by atoms with Crippen molar-refractivity contribution < 1.29 is 26.9 Å². The van der Waals surface area contributed by atoms with Gasteiger partial charge in [0.15, 0.2) is 0 Å². The molecule has 0 aliphatic carbocycles. The summed E-state index contributed by atoms with van der Waals surface area (Å²) in [6.07, 6.45) is -0.666.